The van der Waals surface area contributed by atoms with Crippen molar-refractivity contribution in [3.63, 3.8) is 0 Å². The molecule has 0 fully saturated rings. The first kappa shape index (κ1) is 12.7. The van der Waals surface area contributed by atoms with Gasteiger partial charge in [-0.1, -0.05) is 19.1 Å². The summed E-state index contributed by atoms with van der Waals surface area (Å²) in [6, 6.07) is 9.13. The van der Waals surface area contributed by atoms with Crippen molar-refractivity contribution in [2.45, 2.75) is 26.3 Å². The van der Waals surface area contributed by atoms with E-state index in [0.717, 1.165) is 25.3 Å². The van der Waals surface area contributed by atoms with Gasteiger partial charge in [0, 0.05) is 11.3 Å². The SMILES string of the molecule is CCNC(c1ccc2c(c1)CCO2)c1ccsc1C. The van der Waals surface area contributed by atoms with Gasteiger partial charge < -0.3 is 10.1 Å². The molecule has 1 N–H and O–H groups in total. The zero-order valence-electron chi connectivity index (χ0n) is 11.4. The van der Waals surface area contributed by atoms with Gasteiger partial charge in [-0.15, -0.1) is 11.3 Å². The maximum absolute atomic E-state index is 5.59. The molecule has 2 heterocycles. The van der Waals surface area contributed by atoms with E-state index in [1.807, 2.05) is 11.3 Å². The standard InChI is InChI=1S/C16H19NOS/c1-3-17-16(14-7-9-19-11(14)2)13-4-5-15-12(10-13)6-8-18-15/h4-5,7,9-10,16-17H,3,6,8H2,1-2H3. The molecule has 19 heavy (non-hydrogen) atoms. The van der Waals surface area contributed by atoms with E-state index in [9.17, 15) is 0 Å². The van der Waals surface area contributed by atoms with Gasteiger partial charge in [-0.2, -0.15) is 0 Å². The Morgan fingerprint density at radius 3 is 3.00 bits per heavy atom. The average molecular weight is 273 g/mol. The molecule has 100 valence electrons. The van der Waals surface area contributed by atoms with Gasteiger partial charge in [0.05, 0.1) is 12.6 Å². The minimum Gasteiger partial charge on any atom is -0.493 e. The molecule has 0 amide bonds. The van der Waals surface area contributed by atoms with E-state index in [2.05, 4.69) is 48.8 Å². The van der Waals surface area contributed by atoms with Gasteiger partial charge in [-0.05, 0) is 47.7 Å². The second-order valence-electron chi connectivity index (χ2n) is 4.89. The maximum atomic E-state index is 5.59. The second-order valence-corrected chi connectivity index (χ2v) is 6.01. The smallest absolute Gasteiger partial charge is 0.122 e. The number of thiophene rings is 1. The summed E-state index contributed by atoms with van der Waals surface area (Å²) in [6.07, 6.45) is 1.03. The van der Waals surface area contributed by atoms with Crippen molar-refractivity contribution in [2.24, 2.45) is 0 Å². The number of fused-ring (bicyclic) bond motifs is 1. The molecule has 3 heteroatoms. The Bertz CT molecular complexity index is 576. The summed E-state index contributed by atoms with van der Waals surface area (Å²) in [6.45, 7) is 6.14. The molecule has 0 radical (unpaired) electrons. The van der Waals surface area contributed by atoms with Crippen molar-refractivity contribution in [1.82, 2.24) is 5.32 Å². The van der Waals surface area contributed by atoms with Gasteiger partial charge in [0.15, 0.2) is 0 Å². The summed E-state index contributed by atoms with van der Waals surface area (Å²) in [5.74, 6) is 1.06. The van der Waals surface area contributed by atoms with E-state index >= 15 is 0 Å². The zero-order chi connectivity index (χ0) is 13.2. The summed E-state index contributed by atoms with van der Waals surface area (Å²) >= 11 is 1.81. The normalized spacial score (nSPS) is 15.1. The topological polar surface area (TPSA) is 21.3 Å². The first-order chi connectivity index (χ1) is 9.29. The Kier molecular flexibility index (Phi) is 3.58. The molecule has 3 rings (SSSR count). The Morgan fingerprint density at radius 1 is 1.37 bits per heavy atom. The van der Waals surface area contributed by atoms with Gasteiger partial charge in [-0.3, -0.25) is 0 Å². The van der Waals surface area contributed by atoms with Crippen molar-refractivity contribution >= 4 is 11.3 Å². The minimum atomic E-state index is 0.294. The van der Waals surface area contributed by atoms with Crippen LogP contribution in [0.25, 0.3) is 0 Å². The van der Waals surface area contributed by atoms with Crippen molar-refractivity contribution in [2.75, 3.05) is 13.2 Å². The van der Waals surface area contributed by atoms with Crippen LogP contribution in [0.3, 0.4) is 0 Å². The largest absolute Gasteiger partial charge is 0.493 e. The van der Waals surface area contributed by atoms with Gasteiger partial charge >= 0.3 is 0 Å². The highest BCUT2D eigenvalue weighted by Crippen LogP contribution is 2.32. The van der Waals surface area contributed by atoms with Crippen LogP contribution in [0.15, 0.2) is 29.6 Å². The number of aryl methyl sites for hydroxylation is 1. The van der Waals surface area contributed by atoms with Crippen LogP contribution < -0.4 is 10.1 Å². The molecule has 1 aromatic heterocycles. The third-order valence-corrected chi connectivity index (χ3v) is 4.53. The van der Waals surface area contributed by atoms with Crippen LogP contribution in [0.1, 0.15) is 34.5 Å². The van der Waals surface area contributed by atoms with Crippen LogP contribution in [-0.2, 0) is 6.42 Å². The lowest BCUT2D eigenvalue weighted by Crippen LogP contribution is -2.22. The molecule has 1 atom stereocenters. The van der Waals surface area contributed by atoms with Gasteiger partial charge in [0.1, 0.15) is 5.75 Å². The Balaban J connectivity index is 1.98. The van der Waals surface area contributed by atoms with Crippen LogP contribution in [0, 0.1) is 6.92 Å². The lowest BCUT2D eigenvalue weighted by molar-refractivity contribution is 0.357. The molecule has 2 nitrogen and oxygen atoms in total. The molecule has 1 aromatic carbocycles. The van der Waals surface area contributed by atoms with E-state index in [4.69, 9.17) is 4.74 Å². The van der Waals surface area contributed by atoms with Crippen LogP contribution in [0.4, 0.5) is 0 Å². The Hall–Kier alpha value is -1.32. The molecule has 1 unspecified atom stereocenters. The number of ether oxygens (including phenoxy) is 1. The molecule has 1 aliphatic rings. The van der Waals surface area contributed by atoms with E-state index in [1.165, 1.54) is 21.6 Å². The first-order valence-corrected chi connectivity index (χ1v) is 7.70. The van der Waals surface area contributed by atoms with Crippen molar-refractivity contribution in [3.8, 4) is 5.75 Å². The van der Waals surface area contributed by atoms with Crippen LogP contribution in [-0.4, -0.2) is 13.2 Å². The Labute approximate surface area is 118 Å². The summed E-state index contributed by atoms with van der Waals surface area (Å²) in [5, 5.41) is 5.77. The van der Waals surface area contributed by atoms with Crippen molar-refractivity contribution in [3.05, 3.63) is 51.2 Å². The van der Waals surface area contributed by atoms with Gasteiger partial charge in [0.25, 0.3) is 0 Å². The highest BCUT2D eigenvalue weighted by molar-refractivity contribution is 7.10. The summed E-state index contributed by atoms with van der Waals surface area (Å²) in [5.41, 5.74) is 4.08. The summed E-state index contributed by atoms with van der Waals surface area (Å²) in [4.78, 5) is 1.39. The van der Waals surface area contributed by atoms with E-state index < -0.39 is 0 Å². The lowest BCUT2D eigenvalue weighted by Gasteiger charge is -2.19. The molecule has 0 aliphatic carbocycles. The van der Waals surface area contributed by atoms with Crippen molar-refractivity contribution in [1.29, 1.82) is 0 Å². The molecular formula is C16H19NOS. The number of rotatable bonds is 4. The Morgan fingerprint density at radius 2 is 2.26 bits per heavy atom. The lowest BCUT2D eigenvalue weighted by atomic mass is 9.97. The highest BCUT2D eigenvalue weighted by Gasteiger charge is 2.19. The van der Waals surface area contributed by atoms with Crippen LogP contribution >= 0.6 is 11.3 Å². The molecule has 0 saturated carbocycles. The van der Waals surface area contributed by atoms with Gasteiger partial charge in [-0.25, -0.2) is 0 Å². The predicted molar refractivity (Wildman–Crippen MR) is 80.2 cm³/mol. The zero-order valence-corrected chi connectivity index (χ0v) is 12.2. The van der Waals surface area contributed by atoms with E-state index in [-0.39, 0.29) is 0 Å². The molecule has 0 spiro atoms. The monoisotopic (exact) mass is 273 g/mol. The van der Waals surface area contributed by atoms with Crippen LogP contribution in [0.5, 0.6) is 5.75 Å². The fourth-order valence-electron chi connectivity index (χ4n) is 2.69. The van der Waals surface area contributed by atoms with Crippen molar-refractivity contribution < 1.29 is 4.74 Å². The minimum absolute atomic E-state index is 0.294. The third-order valence-electron chi connectivity index (χ3n) is 3.67. The summed E-state index contributed by atoms with van der Waals surface area (Å²) < 4.78 is 5.59. The fourth-order valence-corrected chi connectivity index (χ4v) is 3.43. The quantitative estimate of drug-likeness (QED) is 0.917. The molecule has 1 aliphatic heterocycles. The molecule has 0 bridgehead atoms. The molecular weight excluding hydrogens is 254 g/mol. The maximum Gasteiger partial charge on any atom is 0.122 e. The van der Waals surface area contributed by atoms with Crippen LogP contribution in [0.2, 0.25) is 0 Å². The predicted octanol–water partition coefficient (Wildman–Crippen LogP) is 3.69. The molecule has 0 saturated heterocycles. The van der Waals surface area contributed by atoms with Gasteiger partial charge in [0.2, 0.25) is 0 Å². The van der Waals surface area contributed by atoms with E-state index in [0.29, 0.717) is 6.04 Å². The number of hydrogen-bond acceptors (Lipinski definition) is 3. The first-order valence-electron chi connectivity index (χ1n) is 6.82. The number of hydrogen-bond donors (Lipinski definition) is 1. The number of nitrogens with one attached hydrogen (secondary N) is 1. The van der Waals surface area contributed by atoms with E-state index in [1.54, 1.807) is 0 Å². The second kappa shape index (κ2) is 5.35. The molecule has 2 aromatic rings. The summed E-state index contributed by atoms with van der Waals surface area (Å²) in [7, 11) is 0. The highest BCUT2D eigenvalue weighted by atomic mass is 32.1. The number of benzene rings is 1. The average Bonchev–Trinajstić information content (AvgIpc) is 3.03. The third kappa shape index (κ3) is 2.40. The fraction of sp³-hybridized carbons (Fsp3) is 0.375.